The molecule has 0 spiro atoms. The molecule has 0 aliphatic carbocycles. The van der Waals surface area contributed by atoms with Crippen LogP contribution in [0.4, 0.5) is 0 Å². The number of alkyl halides is 1. The first-order chi connectivity index (χ1) is 6.61. The van der Waals surface area contributed by atoms with E-state index in [1.807, 2.05) is 12.1 Å². The van der Waals surface area contributed by atoms with Crippen LogP contribution in [-0.2, 0) is 5.88 Å². The zero-order valence-electron chi connectivity index (χ0n) is 8.28. The number of hydrogen-bond donors (Lipinski definition) is 0. The fourth-order valence-electron chi connectivity index (χ4n) is 1.46. The molecule has 0 radical (unpaired) electrons. The first-order valence-electron chi connectivity index (χ1n) is 4.64. The Morgan fingerprint density at radius 3 is 2.57 bits per heavy atom. The van der Waals surface area contributed by atoms with E-state index in [9.17, 15) is 0 Å². The molecule has 0 saturated carbocycles. The van der Waals surface area contributed by atoms with Crippen molar-refractivity contribution in [2.45, 2.75) is 32.1 Å². The summed E-state index contributed by atoms with van der Waals surface area (Å²) in [6.07, 6.45) is 1.07. The van der Waals surface area contributed by atoms with Crippen molar-refractivity contribution in [2.24, 2.45) is 0 Å². The Kier molecular flexibility index (Phi) is 4.75. The zero-order valence-corrected chi connectivity index (χ0v) is 11.4. The summed E-state index contributed by atoms with van der Waals surface area (Å²) >= 11 is 15.6. The highest BCUT2D eigenvalue weighted by Gasteiger charge is 2.14. The lowest BCUT2D eigenvalue weighted by Crippen LogP contribution is -1.98. The third kappa shape index (κ3) is 2.44. The minimum Gasteiger partial charge on any atom is -0.122 e. The molecule has 1 aromatic carbocycles. The Hall–Kier alpha value is 0.280. The first-order valence-corrected chi connectivity index (χ1v) is 6.35. The smallest absolute Gasteiger partial charge is 0.0585 e. The van der Waals surface area contributed by atoms with Crippen LogP contribution >= 0.6 is 39.1 Å². The van der Waals surface area contributed by atoms with Crippen molar-refractivity contribution < 1.29 is 0 Å². The molecule has 0 nitrogen and oxygen atoms in total. The number of halogens is 3. The highest BCUT2D eigenvalue weighted by molar-refractivity contribution is 9.10. The maximum atomic E-state index is 6.25. The molecule has 0 saturated heterocycles. The van der Waals surface area contributed by atoms with Crippen LogP contribution in [0, 0.1) is 0 Å². The Bertz CT molecular complexity index is 323. The van der Waals surface area contributed by atoms with Crippen LogP contribution in [0.5, 0.6) is 0 Å². The molecule has 0 aromatic heterocycles. The topological polar surface area (TPSA) is 0 Å². The average Bonchev–Trinajstić information content (AvgIpc) is 2.20. The molecule has 1 rings (SSSR count). The second-order valence-corrected chi connectivity index (χ2v) is 4.88. The fourth-order valence-corrected chi connectivity index (χ4v) is 2.41. The third-order valence-corrected chi connectivity index (χ3v) is 4.06. The van der Waals surface area contributed by atoms with Crippen molar-refractivity contribution in [3.8, 4) is 0 Å². The van der Waals surface area contributed by atoms with E-state index in [0.29, 0.717) is 11.8 Å². The van der Waals surface area contributed by atoms with Crippen molar-refractivity contribution >= 4 is 39.1 Å². The Morgan fingerprint density at radius 1 is 1.43 bits per heavy atom. The van der Waals surface area contributed by atoms with Crippen LogP contribution < -0.4 is 0 Å². The normalized spacial score (nSPS) is 12.9. The van der Waals surface area contributed by atoms with Crippen molar-refractivity contribution in [2.75, 3.05) is 0 Å². The second kappa shape index (κ2) is 5.39. The summed E-state index contributed by atoms with van der Waals surface area (Å²) in [5.41, 5.74) is 2.31. The van der Waals surface area contributed by atoms with Gasteiger partial charge in [-0.15, -0.1) is 11.6 Å². The van der Waals surface area contributed by atoms with Gasteiger partial charge in [-0.3, -0.25) is 0 Å². The van der Waals surface area contributed by atoms with E-state index >= 15 is 0 Å². The van der Waals surface area contributed by atoms with Crippen LogP contribution in [0.1, 0.15) is 37.3 Å². The lowest BCUT2D eigenvalue weighted by atomic mass is 9.94. The average molecular weight is 296 g/mol. The molecule has 0 N–H and O–H groups in total. The largest absolute Gasteiger partial charge is 0.122 e. The van der Waals surface area contributed by atoms with Crippen LogP contribution in [0.25, 0.3) is 0 Å². The number of rotatable bonds is 3. The van der Waals surface area contributed by atoms with Crippen molar-refractivity contribution in [1.29, 1.82) is 0 Å². The van der Waals surface area contributed by atoms with Gasteiger partial charge in [0.15, 0.2) is 0 Å². The molecule has 14 heavy (non-hydrogen) atoms. The highest BCUT2D eigenvalue weighted by Crippen LogP contribution is 2.35. The van der Waals surface area contributed by atoms with Crippen molar-refractivity contribution in [3.05, 3.63) is 32.8 Å². The monoisotopic (exact) mass is 294 g/mol. The van der Waals surface area contributed by atoms with E-state index in [2.05, 4.69) is 29.8 Å². The van der Waals surface area contributed by atoms with Gasteiger partial charge in [-0.1, -0.05) is 31.5 Å². The maximum Gasteiger partial charge on any atom is 0.0585 e. The molecular formula is C11H13BrCl2. The molecule has 0 amide bonds. The van der Waals surface area contributed by atoms with Gasteiger partial charge in [-0.05, 0) is 45.5 Å². The molecule has 1 aromatic rings. The van der Waals surface area contributed by atoms with Crippen LogP contribution in [0.15, 0.2) is 16.6 Å². The summed E-state index contributed by atoms with van der Waals surface area (Å²) in [5.74, 6) is 0.973. The Balaban J connectivity index is 3.27. The SMILES string of the molecule is CCC(C)c1c(CCl)ccc(Br)c1Cl. The summed E-state index contributed by atoms with van der Waals surface area (Å²) in [6, 6.07) is 3.98. The zero-order chi connectivity index (χ0) is 10.7. The fraction of sp³-hybridized carbons (Fsp3) is 0.455. The molecule has 0 bridgehead atoms. The molecule has 0 aliphatic heterocycles. The Morgan fingerprint density at radius 2 is 2.07 bits per heavy atom. The van der Waals surface area contributed by atoms with Gasteiger partial charge in [0.25, 0.3) is 0 Å². The predicted octanol–water partition coefficient (Wildman–Crippen LogP) is 5.35. The molecular weight excluding hydrogens is 283 g/mol. The minimum atomic E-state index is 0.453. The molecule has 1 atom stereocenters. The lowest BCUT2D eigenvalue weighted by molar-refractivity contribution is 0.727. The van der Waals surface area contributed by atoms with E-state index in [4.69, 9.17) is 23.2 Å². The van der Waals surface area contributed by atoms with Crippen LogP contribution in [0.2, 0.25) is 5.02 Å². The van der Waals surface area contributed by atoms with E-state index in [0.717, 1.165) is 21.5 Å². The molecule has 0 heterocycles. The highest BCUT2D eigenvalue weighted by atomic mass is 79.9. The third-order valence-electron chi connectivity index (χ3n) is 2.47. The summed E-state index contributed by atoms with van der Waals surface area (Å²) in [4.78, 5) is 0. The second-order valence-electron chi connectivity index (χ2n) is 3.38. The van der Waals surface area contributed by atoms with Crippen molar-refractivity contribution in [3.63, 3.8) is 0 Å². The summed E-state index contributed by atoms with van der Waals surface area (Å²) in [6.45, 7) is 4.32. The van der Waals surface area contributed by atoms with Gasteiger partial charge in [0, 0.05) is 10.4 Å². The van der Waals surface area contributed by atoms with Gasteiger partial charge in [0.2, 0.25) is 0 Å². The molecule has 1 unspecified atom stereocenters. The predicted molar refractivity (Wildman–Crippen MR) is 67.4 cm³/mol. The van der Waals surface area contributed by atoms with Gasteiger partial charge in [0.1, 0.15) is 0 Å². The van der Waals surface area contributed by atoms with E-state index in [-0.39, 0.29) is 0 Å². The van der Waals surface area contributed by atoms with E-state index < -0.39 is 0 Å². The van der Waals surface area contributed by atoms with Crippen molar-refractivity contribution in [1.82, 2.24) is 0 Å². The van der Waals surface area contributed by atoms with Crippen LogP contribution in [-0.4, -0.2) is 0 Å². The Labute approximate surface area is 104 Å². The quantitative estimate of drug-likeness (QED) is 0.659. The number of hydrogen-bond acceptors (Lipinski definition) is 0. The van der Waals surface area contributed by atoms with Gasteiger partial charge < -0.3 is 0 Å². The summed E-state index contributed by atoms with van der Waals surface area (Å²) in [7, 11) is 0. The van der Waals surface area contributed by atoms with Gasteiger partial charge >= 0.3 is 0 Å². The van der Waals surface area contributed by atoms with Gasteiger partial charge in [0.05, 0.1) is 5.02 Å². The summed E-state index contributed by atoms with van der Waals surface area (Å²) in [5, 5.41) is 0.803. The maximum absolute atomic E-state index is 6.25. The number of benzene rings is 1. The molecule has 78 valence electrons. The molecule has 0 fully saturated rings. The van der Waals surface area contributed by atoms with Gasteiger partial charge in [-0.2, -0.15) is 0 Å². The minimum absolute atomic E-state index is 0.453. The van der Waals surface area contributed by atoms with Crippen LogP contribution in [0.3, 0.4) is 0 Å². The molecule has 0 aliphatic rings. The van der Waals surface area contributed by atoms with E-state index in [1.54, 1.807) is 0 Å². The summed E-state index contributed by atoms with van der Waals surface area (Å²) < 4.78 is 0.948. The standard InChI is InChI=1S/C11H13BrCl2/c1-3-7(2)10-8(6-13)4-5-9(12)11(10)14/h4-5,7H,3,6H2,1-2H3. The molecule has 3 heteroatoms. The lowest BCUT2D eigenvalue weighted by Gasteiger charge is -2.16. The van der Waals surface area contributed by atoms with E-state index in [1.165, 1.54) is 5.56 Å². The van der Waals surface area contributed by atoms with Gasteiger partial charge in [-0.25, -0.2) is 0 Å². The first kappa shape index (κ1) is 12.4.